The van der Waals surface area contributed by atoms with E-state index >= 15 is 0 Å². The predicted octanol–water partition coefficient (Wildman–Crippen LogP) is 4.93. The van der Waals surface area contributed by atoms with E-state index < -0.39 is 0 Å². The van der Waals surface area contributed by atoms with Gasteiger partial charge in [-0.1, -0.05) is 37.3 Å². The molecule has 0 aliphatic heterocycles. The van der Waals surface area contributed by atoms with Gasteiger partial charge in [-0.25, -0.2) is 4.98 Å². The fraction of sp³-hybridized carbons (Fsp3) is 0.316. The van der Waals surface area contributed by atoms with Crippen LogP contribution in [0.25, 0.3) is 10.9 Å². The van der Waals surface area contributed by atoms with Crippen LogP contribution >= 0.6 is 0 Å². The number of anilines is 1. The molecule has 1 aromatic carbocycles. The Morgan fingerprint density at radius 3 is 2.68 bits per heavy atom. The molecule has 0 unspecified atom stereocenters. The van der Waals surface area contributed by atoms with E-state index in [-0.39, 0.29) is 6.04 Å². The summed E-state index contributed by atoms with van der Waals surface area (Å²) in [6.07, 6.45) is 3.01. The third-order valence-electron chi connectivity index (χ3n) is 4.12. The molecule has 3 aromatic rings. The smallest absolute Gasteiger partial charge is 0.151 e. The number of aromatic nitrogens is 2. The van der Waals surface area contributed by atoms with Crippen LogP contribution in [-0.4, -0.2) is 9.55 Å². The summed E-state index contributed by atoms with van der Waals surface area (Å²) in [6.45, 7) is 7.58. The lowest BCUT2D eigenvalue weighted by Crippen LogP contribution is -2.10. The molecule has 0 aliphatic carbocycles. The van der Waals surface area contributed by atoms with Gasteiger partial charge in [0.1, 0.15) is 0 Å². The predicted molar refractivity (Wildman–Crippen MR) is 93.2 cm³/mol. The van der Waals surface area contributed by atoms with Crippen LogP contribution < -0.4 is 5.32 Å². The van der Waals surface area contributed by atoms with Crippen LogP contribution in [0.15, 0.2) is 48.7 Å². The average Bonchev–Trinajstić information content (AvgIpc) is 2.85. The third-order valence-corrected chi connectivity index (χ3v) is 4.12. The molecule has 2 aromatic heterocycles. The first kappa shape index (κ1) is 14.6. The summed E-state index contributed by atoms with van der Waals surface area (Å²) in [4.78, 5) is 4.60. The van der Waals surface area contributed by atoms with Crippen molar-refractivity contribution in [2.75, 3.05) is 5.32 Å². The van der Waals surface area contributed by atoms with E-state index in [0.29, 0.717) is 0 Å². The second kappa shape index (κ2) is 6.22. The molecule has 0 aliphatic rings. The number of nitrogens with zero attached hydrogens (tertiary/aromatic N) is 2. The van der Waals surface area contributed by atoms with E-state index in [1.165, 1.54) is 22.2 Å². The SMILES string of the molecule is CCCn1c(C)cc2ccnc(N[C@H](C)c3ccccc3)c21. The summed E-state index contributed by atoms with van der Waals surface area (Å²) >= 11 is 0. The molecule has 2 heterocycles. The topological polar surface area (TPSA) is 29.9 Å². The van der Waals surface area contributed by atoms with Crippen LogP contribution in [0.4, 0.5) is 5.82 Å². The molecule has 3 heteroatoms. The highest BCUT2D eigenvalue weighted by atomic mass is 15.1. The van der Waals surface area contributed by atoms with E-state index in [0.717, 1.165) is 18.8 Å². The molecule has 0 fully saturated rings. The Labute approximate surface area is 132 Å². The zero-order valence-electron chi connectivity index (χ0n) is 13.5. The second-order valence-electron chi connectivity index (χ2n) is 5.81. The highest BCUT2D eigenvalue weighted by Gasteiger charge is 2.13. The number of nitrogens with one attached hydrogen (secondary N) is 1. The summed E-state index contributed by atoms with van der Waals surface area (Å²) in [5.41, 5.74) is 3.77. The molecule has 22 heavy (non-hydrogen) atoms. The van der Waals surface area contributed by atoms with E-state index in [1.54, 1.807) is 0 Å². The van der Waals surface area contributed by atoms with Gasteiger partial charge in [0, 0.05) is 23.8 Å². The first-order chi connectivity index (χ1) is 10.7. The van der Waals surface area contributed by atoms with Gasteiger partial charge in [-0.05, 0) is 38.0 Å². The lowest BCUT2D eigenvalue weighted by molar-refractivity contribution is 0.685. The fourth-order valence-electron chi connectivity index (χ4n) is 3.00. The Morgan fingerprint density at radius 2 is 1.95 bits per heavy atom. The van der Waals surface area contributed by atoms with Crippen LogP contribution in [0, 0.1) is 6.92 Å². The van der Waals surface area contributed by atoms with Crippen LogP contribution in [0.1, 0.15) is 37.6 Å². The molecule has 0 bridgehead atoms. The highest BCUT2D eigenvalue weighted by molar-refractivity contribution is 5.90. The largest absolute Gasteiger partial charge is 0.362 e. The molecule has 3 nitrogen and oxygen atoms in total. The first-order valence-corrected chi connectivity index (χ1v) is 7.97. The Hall–Kier alpha value is -2.29. The van der Waals surface area contributed by atoms with Gasteiger partial charge in [-0.2, -0.15) is 0 Å². The summed E-state index contributed by atoms with van der Waals surface area (Å²) in [7, 11) is 0. The number of hydrogen-bond acceptors (Lipinski definition) is 2. The molecule has 0 spiro atoms. The van der Waals surface area contributed by atoms with Gasteiger partial charge in [-0.3, -0.25) is 0 Å². The normalized spacial score (nSPS) is 12.5. The molecule has 1 N–H and O–H groups in total. The lowest BCUT2D eigenvalue weighted by Gasteiger charge is -2.17. The quantitative estimate of drug-likeness (QED) is 0.723. The molecule has 1 atom stereocenters. The number of fused-ring (bicyclic) bond motifs is 1. The van der Waals surface area contributed by atoms with Crippen molar-refractivity contribution in [3.8, 4) is 0 Å². The maximum Gasteiger partial charge on any atom is 0.151 e. The number of rotatable bonds is 5. The van der Waals surface area contributed by atoms with Gasteiger partial charge >= 0.3 is 0 Å². The van der Waals surface area contributed by atoms with Gasteiger partial charge < -0.3 is 9.88 Å². The van der Waals surface area contributed by atoms with Crippen molar-refractivity contribution in [3.05, 3.63) is 59.9 Å². The lowest BCUT2D eigenvalue weighted by atomic mass is 10.1. The molecule has 0 saturated carbocycles. The summed E-state index contributed by atoms with van der Waals surface area (Å²) < 4.78 is 2.36. The Kier molecular flexibility index (Phi) is 4.14. The number of pyridine rings is 1. The monoisotopic (exact) mass is 293 g/mol. The van der Waals surface area contributed by atoms with Crippen molar-refractivity contribution in [2.24, 2.45) is 0 Å². The Balaban J connectivity index is 2.00. The molecular weight excluding hydrogens is 270 g/mol. The minimum atomic E-state index is 0.226. The van der Waals surface area contributed by atoms with Gasteiger partial charge in [0.05, 0.1) is 11.6 Å². The Bertz CT molecular complexity index is 759. The van der Waals surface area contributed by atoms with Crippen molar-refractivity contribution >= 4 is 16.7 Å². The van der Waals surface area contributed by atoms with Gasteiger partial charge in [0.2, 0.25) is 0 Å². The first-order valence-electron chi connectivity index (χ1n) is 7.97. The standard InChI is InChI=1S/C19H23N3/c1-4-12-22-14(2)13-17-10-11-20-19(18(17)22)21-15(3)16-8-6-5-7-9-16/h5-11,13,15H,4,12H2,1-3H3,(H,20,21)/t15-/m1/s1. The molecule has 114 valence electrons. The van der Waals surface area contributed by atoms with E-state index in [9.17, 15) is 0 Å². The molecule has 3 rings (SSSR count). The zero-order chi connectivity index (χ0) is 15.5. The van der Waals surface area contributed by atoms with Crippen molar-refractivity contribution in [3.63, 3.8) is 0 Å². The van der Waals surface area contributed by atoms with Crippen LogP contribution in [0.3, 0.4) is 0 Å². The van der Waals surface area contributed by atoms with Crippen LogP contribution in [0.5, 0.6) is 0 Å². The number of aryl methyl sites for hydroxylation is 2. The summed E-state index contributed by atoms with van der Waals surface area (Å²) in [5, 5.41) is 4.83. The number of benzene rings is 1. The van der Waals surface area contributed by atoms with E-state index in [2.05, 4.69) is 72.0 Å². The minimum Gasteiger partial charge on any atom is -0.362 e. The maximum absolute atomic E-state index is 4.60. The fourth-order valence-corrected chi connectivity index (χ4v) is 3.00. The van der Waals surface area contributed by atoms with Gasteiger partial charge in [0.15, 0.2) is 5.82 Å². The molecule has 0 saturated heterocycles. The van der Waals surface area contributed by atoms with E-state index in [1.807, 2.05) is 12.3 Å². The van der Waals surface area contributed by atoms with Crippen LogP contribution in [-0.2, 0) is 6.54 Å². The summed E-state index contributed by atoms with van der Waals surface area (Å²) in [6, 6.07) is 15.0. The van der Waals surface area contributed by atoms with Crippen LogP contribution in [0.2, 0.25) is 0 Å². The van der Waals surface area contributed by atoms with E-state index in [4.69, 9.17) is 0 Å². The third kappa shape index (κ3) is 2.71. The van der Waals surface area contributed by atoms with Crippen molar-refractivity contribution in [1.82, 2.24) is 9.55 Å². The van der Waals surface area contributed by atoms with Crippen molar-refractivity contribution in [2.45, 2.75) is 39.8 Å². The van der Waals surface area contributed by atoms with Gasteiger partial charge in [-0.15, -0.1) is 0 Å². The van der Waals surface area contributed by atoms with Crippen molar-refractivity contribution in [1.29, 1.82) is 0 Å². The molecule has 0 radical (unpaired) electrons. The van der Waals surface area contributed by atoms with Crippen molar-refractivity contribution < 1.29 is 0 Å². The maximum atomic E-state index is 4.60. The number of hydrogen-bond donors (Lipinski definition) is 1. The van der Waals surface area contributed by atoms with Gasteiger partial charge in [0.25, 0.3) is 0 Å². The Morgan fingerprint density at radius 1 is 1.18 bits per heavy atom. The summed E-state index contributed by atoms with van der Waals surface area (Å²) in [5.74, 6) is 0.968. The molecular formula is C19H23N3. The molecule has 0 amide bonds. The zero-order valence-corrected chi connectivity index (χ0v) is 13.5. The average molecular weight is 293 g/mol. The highest BCUT2D eigenvalue weighted by Crippen LogP contribution is 2.28. The minimum absolute atomic E-state index is 0.226. The second-order valence-corrected chi connectivity index (χ2v) is 5.81.